The lowest BCUT2D eigenvalue weighted by atomic mass is 9.96. The van der Waals surface area contributed by atoms with Crippen LogP contribution in [-0.4, -0.2) is 15.0 Å². The maximum absolute atomic E-state index is 6.87. The van der Waals surface area contributed by atoms with Gasteiger partial charge < -0.3 is 0 Å². The Hall–Kier alpha value is -4.60. The highest BCUT2D eigenvalue weighted by Gasteiger charge is 2.17. The van der Waals surface area contributed by atoms with Gasteiger partial charge >= 0.3 is 0 Å². The molecule has 0 radical (unpaired) electrons. The van der Waals surface area contributed by atoms with Crippen LogP contribution in [0.25, 0.3) is 56.4 Å². The fourth-order valence-corrected chi connectivity index (χ4v) is 4.67. The lowest BCUT2D eigenvalue weighted by Crippen LogP contribution is -2.01. The second kappa shape index (κ2) is 10.2. The van der Waals surface area contributed by atoms with Crippen molar-refractivity contribution in [2.45, 2.75) is 0 Å². The van der Waals surface area contributed by atoms with Gasteiger partial charge in [-0.15, -0.1) is 0 Å². The van der Waals surface area contributed by atoms with Crippen LogP contribution in [0.2, 0.25) is 5.02 Å². The molecular formula is C33H22ClN3. The highest BCUT2D eigenvalue weighted by Crippen LogP contribution is 2.37. The third-order valence-electron chi connectivity index (χ3n) is 6.23. The van der Waals surface area contributed by atoms with Crippen LogP contribution in [-0.2, 0) is 0 Å². The first kappa shape index (κ1) is 22.8. The first-order valence-electron chi connectivity index (χ1n) is 12.1. The molecule has 0 aliphatic heterocycles. The van der Waals surface area contributed by atoms with E-state index in [-0.39, 0.29) is 0 Å². The fraction of sp³-hybridized carbons (Fsp3) is 0. The predicted molar refractivity (Wildman–Crippen MR) is 152 cm³/mol. The van der Waals surface area contributed by atoms with Crippen LogP contribution >= 0.6 is 11.6 Å². The summed E-state index contributed by atoms with van der Waals surface area (Å²) in [6.45, 7) is 0. The summed E-state index contributed by atoms with van der Waals surface area (Å²) in [7, 11) is 0. The van der Waals surface area contributed by atoms with Crippen molar-refractivity contribution in [2.24, 2.45) is 0 Å². The Kier molecular flexibility index (Phi) is 6.28. The Balaban J connectivity index is 1.51. The largest absolute Gasteiger partial charge is 0.208 e. The predicted octanol–water partition coefficient (Wildman–Crippen LogP) is 8.86. The van der Waals surface area contributed by atoms with Crippen molar-refractivity contribution in [3.8, 4) is 56.4 Å². The Morgan fingerprint density at radius 3 is 1.35 bits per heavy atom. The molecule has 0 spiro atoms. The van der Waals surface area contributed by atoms with Crippen LogP contribution in [0, 0.1) is 0 Å². The van der Waals surface area contributed by atoms with Crippen LogP contribution in [0.5, 0.6) is 0 Å². The first-order chi connectivity index (χ1) is 18.3. The Labute approximate surface area is 221 Å². The minimum absolute atomic E-state index is 0.603. The monoisotopic (exact) mass is 495 g/mol. The molecule has 5 aromatic carbocycles. The average molecular weight is 496 g/mol. The van der Waals surface area contributed by atoms with Crippen LogP contribution in [0.3, 0.4) is 0 Å². The van der Waals surface area contributed by atoms with E-state index in [4.69, 9.17) is 26.6 Å². The van der Waals surface area contributed by atoms with Gasteiger partial charge in [0, 0.05) is 27.3 Å². The summed E-state index contributed by atoms with van der Waals surface area (Å²) < 4.78 is 0. The summed E-state index contributed by atoms with van der Waals surface area (Å²) in [6.07, 6.45) is 0. The summed E-state index contributed by atoms with van der Waals surface area (Å²) in [6, 6.07) is 44.5. The molecule has 0 saturated carbocycles. The molecular weight excluding hydrogens is 474 g/mol. The molecule has 0 N–H and O–H groups in total. The van der Waals surface area contributed by atoms with E-state index in [1.165, 1.54) is 0 Å². The zero-order valence-corrected chi connectivity index (χ0v) is 20.7. The van der Waals surface area contributed by atoms with E-state index in [2.05, 4.69) is 30.3 Å². The molecule has 1 heterocycles. The van der Waals surface area contributed by atoms with Crippen molar-refractivity contribution in [3.05, 3.63) is 138 Å². The number of hydrogen-bond acceptors (Lipinski definition) is 3. The van der Waals surface area contributed by atoms with E-state index >= 15 is 0 Å². The summed E-state index contributed by atoms with van der Waals surface area (Å²) in [5, 5.41) is 0.675. The zero-order chi connectivity index (χ0) is 25.0. The molecule has 37 heavy (non-hydrogen) atoms. The Morgan fingerprint density at radius 1 is 0.351 bits per heavy atom. The molecule has 6 aromatic rings. The van der Waals surface area contributed by atoms with Crippen LogP contribution < -0.4 is 0 Å². The fourth-order valence-electron chi connectivity index (χ4n) is 4.39. The van der Waals surface area contributed by atoms with Gasteiger partial charge in [-0.25, -0.2) is 15.0 Å². The highest BCUT2D eigenvalue weighted by atomic mass is 35.5. The van der Waals surface area contributed by atoms with E-state index in [0.29, 0.717) is 22.5 Å². The quantitative estimate of drug-likeness (QED) is 0.240. The lowest BCUT2D eigenvalue weighted by Gasteiger charge is -2.13. The normalized spacial score (nSPS) is 10.8. The Morgan fingerprint density at radius 2 is 0.811 bits per heavy atom. The van der Waals surface area contributed by atoms with Crippen molar-refractivity contribution in [1.82, 2.24) is 15.0 Å². The smallest absolute Gasteiger partial charge is 0.164 e. The molecule has 0 aliphatic rings. The molecule has 0 amide bonds. The minimum Gasteiger partial charge on any atom is -0.208 e. The molecule has 0 bridgehead atoms. The standard InChI is InChI=1S/C33H22ClN3/c34-30-22-26(23-12-4-1-5-13-23)20-21-28(30)27-18-10-11-19-29(27)33-36-31(24-14-6-2-7-15-24)35-32(37-33)25-16-8-3-9-17-25/h1-22H. The molecule has 0 fully saturated rings. The lowest BCUT2D eigenvalue weighted by molar-refractivity contribution is 1.07. The second-order valence-corrected chi connectivity index (χ2v) is 9.05. The van der Waals surface area contributed by atoms with Gasteiger partial charge in [0.25, 0.3) is 0 Å². The molecule has 1 aromatic heterocycles. The van der Waals surface area contributed by atoms with Crippen molar-refractivity contribution in [1.29, 1.82) is 0 Å². The second-order valence-electron chi connectivity index (χ2n) is 8.64. The summed E-state index contributed by atoms with van der Waals surface area (Å²) in [4.78, 5) is 14.6. The van der Waals surface area contributed by atoms with Crippen molar-refractivity contribution in [3.63, 3.8) is 0 Å². The molecule has 6 rings (SSSR count). The Bertz CT molecular complexity index is 1610. The highest BCUT2D eigenvalue weighted by molar-refractivity contribution is 6.33. The van der Waals surface area contributed by atoms with E-state index in [1.807, 2.05) is 103 Å². The zero-order valence-electron chi connectivity index (χ0n) is 19.9. The summed E-state index contributed by atoms with van der Waals surface area (Å²) in [5.41, 5.74) is 6.87. The maximum Gasteiger partial charge on any atom is 0.164 e. The van der Waals surface area contributed by atoms with Crippen LogP contribution in [0.15, 0.2) is 133 Å². The van der Waals surface area contributed by atoms with Gasteiger partial charge in [0.15, 0.2) is 17.5 Å². The molecule has 4 heteroatoms. The third-order valence-corrected chi connectivity index (χ3v) is 6.55. The van der Waals surface area contributed by atoms with Crippen LogP contribution in [0.4, 0.5) is 0 Å². The van der Waals surface area contributed by atoms with Gasteiger partial charge in [-0.05, 0) is 22.8 Å². The number of aromatic nitrogens is 3. The topological polar surface area (TPSA) is 38.7 Å². The minimum atomic E-state index is 0.603. The number of halogens is 1. The first-order valence-corrected chi connectivity index (χ1v) is 12.5. The van der Waals surface area contributed by atoms with E-state index in [1.54, 1.807) is 0 Å². The van der Waals surface area contributed by atoms with Gasteiger partial charge in [0.05, 0.1) is 0 Å². The molecule has 0 aliphatic carbocycles. The average Bonchev–Trinajstić information content (AvgIpc) is 2.98. The molecule has 0 unspecified atom stereocenters. The summed E-state index contributed by atoms with van der Waals surface area (Å²) >= 11 is 6.87. The number of benzene rings is 5. The van der Waals surface area contributed by atoms with Crippen molar-refractivity contribution < 1.29 is 0 Å². The van der Waals surface area contributed by atoms with Gasteiger partial charge in [-0.1, -0.05) is 139 Å². The van der Waals surface area contributed by atoms with Gasteiger partial charge in [-0.3, -0.25) is 0 Å². The number of rotatable bonds is 5. The van der Waals surface area contributed by atoms with Crippen LogP contribution in [0.1, 0.15) is 0 Å². The number of nitrogens with zero attached hydrogens (tertiary/aromatic N) is 3. The van der Waals surface area contributed by atoms with Gasteiger partial charge in [0.1, 0.15) is 0 Å². The molecule has 3 nitrogen and oxygen atoms in total. The van der Waals surface area contributed by atoms with Gasteiger partial charge in [0.2, 0.25) is 0 Å². The summed E-state index contributed by atoms with van der Waals surface area (Å²) in [5.74, 6) is 1.86. The SMILES string of the molecule is Clc1cc(-c2ccccc2)ccc1-c1ccccc1-c1nc(-c2ccccc2)nc(-c2ccccc2)n1. The van der Waals surface area contributed by atoms with Crippen molar-refractivity contribution >= 4 is 11.6 Å². The number of hydrogen-bond donors (Lipinski definition) is 0. The van der Waals surface area contributed by atoms with E-state index in [9.17, 15) is 0 Å². The van der Waals surface area contributed by atoms with E-state index < -0.39 is 0 Å². The van der Waals surface area contributed by atoms with Crippen molar-refractivity contribution in [2.75, 3.05) is 0 Å². The molecule has 0 atom stereocenters. The third kappa shape index (κ3) is 4.77. The van der Waals surface area contributed by atoms with Gasteiger partial charge in [-0.2, -0.15) is 0 Å². The van der Waals surface area contributed by atoms with E-state index in [0.717, 1.165) is 38.9 Å². The molecule has 176 valence electrons. The molecule has 0 saturated heterocycles. The maximum atomic E-state index is 6.87.